The van der Waals surface area contributed by atoms with Crippen LogP contribution in [-0.2, 0) is 19.7 Å². The molecule has 0 bridgehead atoms. The molecule has 3 fully saturated rings. The molecule has 40 heavy (non-hydrogen) atoms. The van der Waals surface area contributed by atoms with Gasteiger partial charge in [0, 0.05) is 42.8 Å². The number of carbonyl (C=O) groups is 3. The number of rotatable bonds is 7. The van der Waals surface area contributed by atoms with Gasteiger partial charge in [0.2, 0.25) is 5.91 Å². The summed E-state index contributed by atoms with van der Waals surface area (Å²) in [5.41, 5.74) is 3.63. The molecule has 1 saturated heterocycles. The standard InChI is InChI=1S/C30H47N3O6S/c1-19-6-8-20(9-7-19)27(34)33(24-18-25(30(2,3)4)40-26(24)28(35)36)22-12-10-21(11-13-22)31-32(5)29(37)39-23-14-16-38-17-15-23/h18-23,31H,6-17H2,1-5H3,(H,35,36). The van der Waals surface area contributed by atoms with Crippen molar-refractivity contribution < 1.29 is 29.0 Å². The summed E-state index contributed by atoms with van der Waals surface area (Å²) in [6.07, 6.45) is 7.68. The third-order valence-electron chi connectivity index (χ3n) is 8.66. The lowest BCUT2D eigenvalue weighted by Gasteiger charge is -2.40. The second-order valence-corrected chi connectivity index (χ2v) is 14.0. The number of anilines is 1. The van der Waals surface area contributed by atoms with E-state index in [0.29, 0.717) is 37.7 Å². The minimum atomic E-state index is -0.981. The molecule has 0 radical (unpaired) electrons. The number of nitrogens with one attached hydrogen (secondary N) is 1. The average molecular weight is 578 g/mol. The number of nitrogens with zero attached hydrogens (tertiary/aromatic N) is 2. The monoisotopic (exact) mass is 577 g/mol. The summed E-state index contributed by atoms with van der Waals surface area (Å²) in [5.74, 6) is -0.359. The van der Waals surface area contributed by atoms with E-state index in [1.165, 1.54) is 16.3 Å². The van der Waals surface area contributed by atoms with E-state index in [2.05, 4.69) is 33.1 Å². The predicted octanol–water partition coefficient (Wildman–Crippen LogP) is 5.97. The Morgan fingerprint density at radius 1 is 1.00 bits per heavy atom. The van der Waals surface area contributed by atoms with Gasteiger partial charge in [-0.05, 0) is 68.8 Å². The van der Waals surface area contributed by atoms with Crippen molar-refractivity contribution in [2.24, 2.45) is 11.8 Å². The Kier molecular flexibility index (Phi) is 10.2. The predicted molar refractivity (Wildman–Crippen MR) is 156 cm³/mol. The molecule has 10 heteroatoms. The molecule has 2 heterocycles. The van der Waals surface area contributed by atoms with Crippen molar-refractivity contribution in [3.05, 3.63) is 15.8 Å². The topological polar surface area (TPSA) is 108 Å². The Balaban J connectivity index is 1.47. The lowest BCUT2D eigenvalue weighted by atomic mass is 9.81. The van der Waals surface area contributed by atoms with Crippen LogP contribution in [0.4, 0.5) is 10.5 Å². The van der Waals surface area contributed by atoms with Crippen molar-refractivity contribution in [1.29, 1.82) is 0 Å². The highest BCUT2D eigenvalue weighted by atomic mass is 32.1. The summed E-state index contributed by atoms with van der Waals surface area (Å²) in [6, 6.07) is 1.94. The van der Waals surface area contributed by atoms with E-state index in [1.54, 1.807) is 7.05 Å². The van der Waals surface area contributed by atoms with E-state index in [4.69, 9.17) is 9.47 Å². The molecule has 224 valence electrons. The van der Waals surface area contributed by atoms with E-state index in [0.717, 1.165) is 56.2 Å². The number of hydrazine groups is 1. The Hall–Kier alpha value is -2.17. The van der Waals surface area contributed by atoms with Gasteiger partial charge in [0.05, 0.1) is 18.9 Å². The van der Waals surface area contributed by atoms with E-state index < -0.39 is 12.1 Å². The van der Waals surface area contributed by atoms with Crippen molar-refractivity contribution in [2.45, 2.75) is 116 Å². The zero-order valence-corrected chi connectivity index (χ0v) is 25.6. The summed E-state index contributed by atoms with van der Waals surface area (Å²) in [6.45, 7) is 9.68. The first-order valence-electron chi connectivity index (χ1n) is 14.9. The molecule has 9 nitrogen and oxygen atoms in total. The van der Waals surface area contributed by atoms with Gasteiger partial charge in [-0.15, -0.1) is 11.3 Å². The van der Waals surface area contributed by atoms with Gasteiger partial charge in [-0.3, -0.25) is 4.79 Å². The number of carboxylic acid groups (broad SMARTS) is 1. The maximum absolute atomic E-state index is 14.1. The highest BCUT2D eigenvalue weighted by Gasteiger charge is 2.38. The Labute approximate surface area is 242 Å². The van der Waals surface area contributed by atoms with E-state index >= 15 is 0 Å². The van der Waals surface area contributed by atoms with Crippen molar-refractivity contribution in [1.82, 2.24) is 10.4 Å². The fraction of sp³-hybridized carbons (Fsp3) is 0.767. The highest BCUT2D eigenvalue weighted by molar-refractivity contribution is 7.14. The number of thiophene rings is 1. The maximum atomic E-state index is 14.1. The third-order valence-corrected chi connectivity index (χ3v) is 10.2. The Morgan fingerprint density at radius 3 is 2.20 bits per heavy atom. The summed E-state index contributed by atoms with van der Waals surface area (Å²) < 4.78 is 11.0. The average Bonchev–Trinajstić information content (AvgIpc) is 3.37. The third kappa shape index (κ3) is 7.56. The van der Waals surface area contributed by atoms with Gasteiger partial charge in [0.15, 0.2) is 0 Å². The van der Waals surface area contributed by atoms with E-state index in [1.807, 2.05) is 11.0 Å². The van der Waals surface area contributed by atoms with Crippen molar-refractivity contribution in [2.75, 3.05) is 25.2 Å². The van der Waals surface area contributed by atoms with Crippen LogP contribution in [0.25, 0.3) is 0 Å². The number of aromatic carboxylic acids is 1. The summed E-state index contributed by atoms with van der Waals surface area (Å²) >= 11 is 1.29. The molecule has 0 unspecified atom stereocenters. The first kappa shape index (κ1) is 30.8. The van der Waals surface area contributed by atoms with Crippen LogP contribution >= 0.6 is 11.3 Å². The van der Waals surface area contributed by atoms with E-state index in [-0.39, 0.29) is 40.3 Å². The van der Waals surface area contributed by atoms with Crippen LogP contribution in [-0.4, -0.2) is 66.5 Å². The summed E-state index contributed by atoms with van der Waals surface area (Å²) in [5, 5.41) is 11.6. The molecule has 2 amide bonds. The maximum Gasteiger partial charge on any atom is 0.424 e. The molecule has 2 saturated carbocycles. The van der Waals surface area contributed by atoms with Gasteiger partial charge in [-0.1, -0.05) is 27.7 Å². The number of hydrogen-bond acceptors (Lipinski definition) is 7. The quantitative estimate of drug-likeness (QED) is 0.385. The Bertz CT molecular complexity index is 1030. The molecular formula is C30H47N3O6S. The first-order valence-corrected chi connectivity index (χ1v) is 15.7. The normalized spacial score (nSPS) is 26.2. The minimum Gasteiger partial charge on any atom is -0.477 e. The van der Waals surface area contributed by atoms with Crippen LogP contribution in [0.2, 0.25) is 0 Å². The molecule has 1 aromatic heterocycles. The van der Waals surface area contributed by atoms with Gasteiger partial charge in [-0.2, -0.15) is 0 Å². The van der Waals surface area contributed by atoms with Crippen LogP contribution in [0, 0.1) is 11.8 Å². The molecular weight excluding hydrogens is 530 g/mol. The minimum absolute atomic E-state index is 0.0706. The zero-order valence-electron chi connectivity index (χ0n) is 24.7. The van der Waals surface area contributed by atoms with Crippen LogP contribution in [0.5, 0.6) is 0 Å². The lowest BCUT2D eigenvalue weighted by Crippen LogP contribution is -2.51. The largest absolute Gasteiger partial charge is 0.477 e. The smallest absolute Gasteiger partial charge is 0.424 e. The van der Waals surface area contributed by atoms with Crippen LogP contribution in [0.1, 0.15) is 106 Å². The molecule has 0 spiro atoms. The van der Waals surface area contributed by atoms with Crippen LogP contribution < -0.4 is 10.3 Å². The van der Waals surface area contributed by atoms with E-state index in [9.17, 15) is 19.5 Å². The zero-order chi connectivity index (χ0) is 29.0. The van der Waals surface area contributed by atoms with Gasteiger partial charge >= 0.3 is 12.1 Å². The lowest BCUT2D eigenvalue weighted by molar-refractivity contribution is -0.124. The first-order chi connectivity index (χ1) is 18.9. The fourth-order valence-electron chi connectivity index (χ4n) is 6.09. The molecule has 1 aliphatic heterocycles. The molecule has 0 aromatic carbocycles. The highest BCUT2D eigenvalue weighted by Crippen LogP contribution is 2.41. The molecule has 3 aliphatic rings. The number of ether oxygens (including phenoxy) is 2. The van der Waals surface area contributed by atoms with Crippen molar-refractivity contribution in [3.8, 4) is 0 Å². The van der Waals surface area contributed by atoms with Gasteiger partial charge < -0.3 is 19.5 Å². The number of hydrogen-bond donors (Lipinski definition) is 2. The van der Waals surface area contributed by atoms with Gasteiger partial charge in [0.25, 0.3) is 0 Å². The summed E-state index contributed by atoms with van der Waals surface area (Å²) in [7, 11) is 1.69. The number of carboxylic acids is 1. The van der Waals surface area contributed by atoms with Crippen molar-refractivity contribution >= 4 is 35.0 Å². The van der Waals surface area contributed by atoms with Crippen LogP contribution in [0.3, 0.4) is 0 Å². The molecule has 2 aliphatic carbocycles. The van der Waals surface area contributed by atoms with Gasteiger partial charge in [-0.25, -0.2) is 20.0 Å². The SMILES string of the molecule is CC1CCC(C(=O)N(c2cc(C(C)(C)C)sc2C(=O)O)C2CCC(NN(C)C(=O)OC3CCOCC3)CC2)CC1. The molecule has 2 N–H and O–H groups in total. The number of carbonyl (C=O) groups excluding carboxylic acids is 2. The van der Waals surface area contributed by atoms with Crippen molar-refractivity contribution in [3.63, 3.8) is 0 Å². The molecule has 0 atom stereocenters. The van der Waals surface area contributed by atoms with Crippen LogP contribution in [0.15, 0.2) is 6.07 Å². The fourth-order valence-corrected chi connectivity index (χ4v) is 7.13. The number of amides is 2. The van der Waals surface area contributed by atoms with Gasteiger partial charge in [0.1, 0.15) is 11.0 Å². The molecule has 1 aromatic rings. The molecule has 4 rings (SSSR count). The summed E-state index contributed by atoms with van der Waals surface area (Å²) in [4.78, 5) is 42.2. The second-order valence-electron chi connectivity index (χ2n) is 12.9. The second kappa shape index (κ2) is 13.2. The Morgan fingerprint density at radius 2 is 1.62 bits per heavy atom.